The molecule has 24 heavy (non-hydrogen) atoms. The highest BCUT2D eigenvalue weighted by molar-refractivity contribution is 6.20. The summed E-state index contributed by atoms with van der Waals surface area (Å²) in [5.74, 6) is 0. The first-order valence-corrected chi connectivity index (χ1v) is 8.08. The largest absolute Gasteiger partial charge is 0.454 e. The van der Waals surface area contributed by atoms with Gasteiger partial charge in [0.2, 0.25) is 0 Å². The molecule has 0 spiro atoms. The zero-order chi connectivity index (χ0) is 16.1. The number of hydrogen-bond acceptors (Lipinski definition) is 2. The van der Waals surface area contributed by atoms with Gasteiger partial charge >= 0.3 is 0 Å². The van der Waals surface area contributed by atoms with Crippen molar-refractivity contribution >= 4 is 32.8 Å². The van der Waals surface area contributed by atoms with Crippen molar-refractivity contribution in [3.63, 3.8) is 0 Å². The van der Waals surface area contributed by atoms with Crippen molar-refractivity contribution in [1.29, 1.82) is 0 Å². The van der Waals surface area contributed by atoms with Crippen LogP contribution in [0, 0.1) is 6.92 Å². The van der Waals surface area contributed by atoms with E-state index < -0.39 is 0 Å². The molecule has 3 aromatic carbocycles. The van der Waals surface area contributed by atoms with Gasteiger partial charge in [-0.3, -0.25) is 0 Å². The Hall–Kier alpha value is -3.13. The smallest absolute Gasteiger partial charge is 0.162 e. The van der Waals surface area contributed by atoms with Crippen LogP contribution in [0.25, 0.3) is 44.1 Å². The Morgan fingerprint density at radius 3 is 2.46 bits per heavy atom. The highest BCUT2D eigenvalue weighted by Crippen LogP contribution is 2.39. The van der Waals surface area contributed by atoms with Gasteiger partial charge in [0.15, 0.2) is 5.58 Å². The lowest BCUT2D eigenvalue weighted by Gasteiger charge is -2.05. The van der Waals surface area contributed by atoms with Gasteiger partial charge in [0.05, 0.1) is 5.52 Å². The molecular formula is C22H15NO. The van der Waals surface area contributed by atoms with Crippen LogP contribution in [0.4, 0.5) is 0 Å². The number of benzene rings is 3. The van der Waals surface area contributed by atoms with Crippen molar-refractivity contribution in [2.75, 3.05) is 0 Å². The normalized spacial score (nSPS) is 11.5. The Morgan fingerprint density at radius 2 is 1.58 bits per heavy atom. The Morgan fingerprint density at radius 1 is 0.792 bits per heavy atom. The van der Waals surface area contributed by atoms with Gasteiger partial charge in [-0.25, -0.2) is 4.98 Å². The molecule has 0 unspecified atom stereocenters. The average molecular weight is 309 g/mol. The molecule has 2 heterocycles. The Kier molecular flexibility index (Phi) is 2.74. The zero-order valence-corrected chi connectivity index (χ0v) is 13.3. The van der Waals surface area contributed by atoms with Crippen LogP contribution in [0.2, 0.25) is 0 Å². The quantitative estimate of drug-likeness (QED) is 0.373. The average Bonchev–Trinajstić information content (AvgIpc) is 3.01. The van der Waals surface area contributed by atoms with Crippen LogP contribution in [0.1, 0.15) is 5.56 Å². The minimum absolute atomic E-state index is 0.862. The van der Waals surface area contributed by atoms with Gasteiger partial charge in [0, 0.05) is 21.7 Å². The number of fused-ring (bicyclic) bond motifs is 5. The van der Waals surface area contributed by atoms with Crippen molar-refractivity contribution in [3.05, 3.63) is 78.4 Å². The third kappa shape index (κ3) is 1.86. The fraction of sp³-hybridized carbons (Fsp3) is 0.0455. The van der Waals surface area contributed by atoms with Crippen molar-refractivity contribution in [1.82, 2.24) is 4.98 Å². The molecule has 2 heteroatoms. The second-order valence-corrected chi connectivity index (χ2v) is 6.15. The SMILES string of the molecule is Cc1ccc2oc3c(-c4ccccc4)nc4ccccc4c3c2c1. The van der Waals surface area contributed by atoms with Gasteiger partial charge in [-0.2, -0.15) is 0 Å². The summed E-state index contributed by atoms with van der Waals surface area (Å²) in [5, 5.41) is 3.44. The Bertz CT molecular complexity index is 1200. The molecule has 0 amide bonds. The Labute approximate surface area is 139 Å². The van der Waals surface area contributed by atoms with E-state index in [-0.39, 0.29) is 0 Å². The second-order valence-electron chi connectivity index (χ2n) is 6.15. The first kappa shape index (κ1) is 13.3. The third-order valence-electron chi connectivity index (χ3n) is 4.51. The number of para-hydroxylation sites is 1. The van der Waals surface area contributed by atoms with Gasteiger partial charge in [0.1, 0.15) is 11.3 Å². The van der Waals surface area contributed by atoms with Crippen molar-refractivity contribution in [3.8, 4) is 11.3 Å². The lowest BCUT2D eigenvalue weighted by atomic mass is 10.0. The molecule has 5 aromatic rings. The van der Waals surface area contributed by atoms with Gasteiger partial charge in [-0.05, 0) is 25.1 Å². The summed E-state index contributed by atoms with van der Waals surface area (Å²) in [6.07, 6.45) is 0. The fourth-order valence-electron chi connectivity index (χ4n) is 3.39. The number of hydrogen-bond donors (Lipinski definition) is 0. The number of furan rings is 1. The lowest BCUT2D eigenvalue weighted by Crippen LogP contribution is -1.87. The summed E-state index contributed by atoms with van der Waals surface area (Å²) in [5.41, 5.74) is 5.97. The monoisotopic (exact) mass is 309 g/mol. The molecule has 0 aliphatic carbocycles. The van der Waals surface area contributed by atoms with E-state index in [1.807, 2.05) is 30.3 Å². The Balaban J connectivity index is 2.05. The van der Waals surface area contributed by atoms with Crippen LogP contribution in [-0.4, -0.2) is 4.98 Å². The molecule has 0 bridgehead atoms. The lowest BCUT2D eigenvalue weighted by molar-refractivity contribution is 0.668. The van der Waals surface area contributed by atoms with Crippen molar-refractivity contribution in [2.24, 2.45) is 0 Å². The van der Waals surface area contributed by atoms with E-state index in [0.717, 1.165) is 44.1 Å². The molecule has 0 aliphatic rings. The molecule has 0 N–H and O–H groups in total. The van der Waals surface area contributed by atoms with Crippen LogP contribution in [0.5, 0.6) is 0 Å². The molecule has 0 saturated carbocycles. The summed E-state index contributed by atoms with van der Waals surface area (Å²) in [6, 6.07) is 24.8. The summed E-state index contributed by atoms with van der Waals surface area (Å²) >= 11 is 0. The van der Waals surface area contributed by atoms with E-state index in [1.54, 1.807) is 0 Å². The van der Waals surface area contributed by atoms with E-state index in [9.17, 15) is 0 Å². The van der Waals surface area contributed by atoms with Crippen LogP contribution in [0.3, 0.4) is 0 Å². The molecular weight excluding hydrogens is 294 g/mol. The standard InChI is InChI=1S/C22H15NO/c1-14-11-12-19-17(13-14)20-16-9-5-6-10-18(16)23-21(22(20)24-19)15-7-3-2-4-8-15/h2-13H,1H3. The summed E-state index contributed by atoms with van der Waals surface area (Å²) in [7, 11) is 0. The van der Waals surface area contributed by atoms with E-state index in [4.69, 9.17) is 9.40 Å². The van der Waals surface area contributed by atoms with Crippen molar-refractivity contribution in [2.45, 2.75) is 6.92 Å². The minimum Gasteiger partial charge on any atom is -0.454 e. The number of aryl methyl sites for hydroxylation is 1. The zero-order valence-electron chi connectivity index (χ0n) is 13.3. The van der Waals surface area contributed by atoms with E-state index in [1.165, 1.54) is 5.56 Å². The van der Waals surface area contributed by atoms with Gasteiger partial charge < -0.3 is 4.42 Å². The molecule has 2 nitrogen and oxygen atoms in total. The first-order chi connectivity index (χ1) is 11.8. The van der Waals surface area contributed by atoms with Crippen LogP contribution in [-0.2, 0) is 0 Å². The molecule has 0 fully saturated rings. The third-order valence-corrected chi connectivity index (χ3v) is 4.51. The number of rotatable bonds is 1. The first-order valence-electron chi connectivity index (χ1n) is 8.08. The summed E-state index contributed by atoms with van der Waals surface area (Å²) in [4.78, 5) is 4.90. The van der Waals surface area contributed by atoms with Crippen LogP contribution < -0.4 is 0 Å². The molecule has 0 saturated heterocycles. The molecule has 114 valence electrons. The summed E-state index contributed by atoms with van der Waals surface area (Å²) in [6.45, 7) is 2.11. The van der Waals surface area contributed by atoms with Gasteiger partial charge in [0.25, 0.3) is 0 Å². The molecule has 0 radical (unpaired) electrons. The maximum absolute atomic E-state index is 6.24. The van der Waals surface area contributed by atoms with E-state index >= 15 is 0 Å². The van der Waals surface area contributed by atoms with Gasteiger partial charge in [-0.1, -0.05) is 60.2 Å². The van der Waals surface area contributed by atoms with Crippen LogP contribution >= 0.6 is 0 Å². The predicted molar refractivity (Wildman–Crippen MR) is 99.2 cm³/mol. The predicted octanol–water partition coefficient (Wildman–Crippen LogP) is 6.11. The topological polar surface area (TPSA) is 26.0 Å². The van der Waals surface area contributed by atoms with E-state index in [0.29, 0.717) is 0 Å². The molecule has 2 aromatic heterocycles. The molecule has 5 rings (SSSR count). The van der Waals surface area contributed by atoms with Crippen molar-refractivity contribution < 1.29 is 4.42 Å². The van der Waals surface area contributed by atoms with Crippen LogP contribution in [0.15, 0.2) is 77.2 Å². The highest BCUT2D eigenvalue weighted by Gasteiger charge is 2.17. The fourth-order valence-corrected chi connectivity index (χ4v) is 3.39. The molecule has 0 aliphatic heterocycles. The molecule has 0 atom stereocenters. The second kappa shape index (κ2) is 4.93. The number of pyridine rings is 1. The minimum atomic E-state index is 0.862. The highest BCUT2D eigenvalue weighted by atomic mass is 16.3. The number of aromatic nitrogens is 1. The maximum atomic E-state index is 6.24. The summed E-state index contributed by atoms with van der Waals surface area (Å²) < 4.78 is 6.24. The number of nitrogens with zero attached hydrogens (tertiary/aromatic N) is 1. The van der Waals surface area contributed by atoms with Gasteiger partial charge in [-0.15, -0.1) is 0 Å². The maximum Gasteiger partial charge on any atom is 0.162 e. The van der Waals surface area contributed by atoms with E-state index in [2.05, 4.69) is 49.4 Å².